The predicted octanol–water partition coefficient (Wildman–Crippen LogP) is 2.99. The molecule has 1 rings (SSSR count). The van der Waals surface area contributed by atoms with Gasteiger partial charge in [0.1, 0.15) is 16.7 Å². The molecule has 1 aromatic heterocycles. The lowest BCUT2D eigenvalue weighted by molar-refractivity contribution is 0.300. The van der Waals surface area contributed by atoms with Crippen molar-refractivity contribution in [1.29, 1.82) is 0 Å². The maximum atomic E-state index is 9.21. The van der Waals surface area contributed by atoms with Gasteiger partial charge in [-0.1, -0.05) is 27.7 Å². The number of thioether (sulfide) groups is 1. The number of nitrogens with one attached hydrogen (secondary N) is 1. The van der Waals surface area contributed by atoms with Crippen LogP contribution in [0.5, 0.6) is 0 Å². The second kappa shape index (κ2) is 6.57. The first-order chi connectivity index (χ1) is 8.79. The van der Waals surface area contributed by atoms with Crippen LogP contribution in [0.1, 0.15) is 46.0 Å². The zero-order valence-electron chi connectivity index (χ0n) is 12.7. The van der Waals surface area contributed by atoms with Crippen LogP contribution in [0.4, 0.5) is 5.82 Å². The molecule has 0 aliphatic heterocycles. The van der Waals surface area contributed by atoms with Crippen LogP contribution >= 0.6 is 11.8 Å². The number of rotatable bonds is 5. The molecule has 4 nitrogen and oxygen atoms in total. The zero-order valence-corrected chi connectivity index (χ0v) is 13.6. The summed E-state index contributed by atoms with van der Waals surface area (Å²) in [6.45, 7) is 13.4. The highest BCUT2D eigenvalue weighted by Gasteiger charge is 2.21. The first kappa shape index (κ1) is 16.2. The summed E-state index contributed by atoms with van der Waals surface area (Å²) < 4.78 is 0. The number of aromatic nitrogens is 2. The summed E-state index contributed by atoms with van der Waals surface area (Å²) in [6, 6.07) is 0. The second-order valence-corrected chi connectivity index (χ2v) is 7.14. The highest BCUT2D eigenvalue weighted by atomic mass is 32.2. The Morgan fingerprint density at radius 1 is 1.32 bits per heavy atom. The van der Waals surface area contributed by atoms with Gasteiger partial charge in [-0.05, 0) is 13.8 Å². The van der Waals surface area contributed by atoms with Gasteiger partial charge in [-0.3, -0.25) is 0 Å². The Morgan fingerprint density at radius 3 is 2.42 bits per heavy atom. The molecule has 19 heavy (non-hydrogen) atoms. The molecule has 0 saturated heterocycles. The molecule has 1 aromatic rings. The van der Waals surface area contributed by atoms with Gasteiger partial charge in [0, 0.05) is 22.8 Å². The van der Waals surface area contributed by atoms with Crippen LogP contribution in [0.2, 0.25) is 0 Å². The fourth-order valence-electron chi connectivity index (χ4n) is 1.51. The van der Waals surface area contributed by atoms with Crippen molar-refractivity contribution in [2.24, 2.45) is 0 Å². The minimum atomic E-state index is -0.0877. The first-order valence-electron chi connectivity index (χ1n) is 6.70. The van der Waals surface area contributed by atoms with E-state index in [4.69, 9.17) is 0 Å². The van der Waals surface area contributed by atoms with Crippen molar-refractivity contribution in [3.63, 3.8) is 0 Å². The SMILES string of the molecule is CCNc1nc(C(C)(C)C)nc(SC(C)CO)c1C. The molecule has 1 unspecified atom stereocenters. The predicted molar refractivity (Wildman–Crippen MR) is 82.0 cm³/mol. The molecular weight excluding hydrogens is 258 g/mol. The van der Waals surface area contributed by atoms with Crippen molar-refractivity contribution in [2.75, 3.05) is 18.5 Å². The molecule has 0 aliphatic rings. The maximum Gasteiger partial charge on any atom is 0.137 e. The molecule has 0 radical (unpaired) electrons. The fourth-order valence-corrected chi connectivity index (χ4v) is 2.38. The zero-order chi connectivity index (χ0) is 14.6. The van der Waals surface area contributed by atoms with Gasteiger partial charge in [-0.2, -0.15) is 0 Å². The van der Waals surface area contributed by atoms with E-state index in [1.807, 2.05) is 13.8 Å². The van der Waals surface area contributed by atoms with Crippen LogP contribution in [0.3, 0.4) is 0 Å². The van der Waals surface area contributed by atoms with E-state index in [0.29, 0.717) is 0 Å². The topological polar surface area (TPSA) is 58.0 Å². The van der Waals surface area contributed by atoms with Crippen molar-refractivity contribution in [1.82, 2.24) is 9.97 Å². The average Bonchev–Trinajstić information content (AvgIpc) is 2.32. The van der Waals surface area contributed by atoms with Crippen molar-refractivity contribution in [3.8, 4) is 0 Å². The quantitative estimate of drug-likeness (QED) is 0.642. The summed E-state index contributed by atoms with van der Waals surface area (Å²) in [6.07, 6.45) is 0. The van der Waals surface area contributed by atoms with Gasteiger partial charge in [0.05, 0.1) is 6.61 Å². The summed E-state index contributed by atoms with van der Waals surface area (Å²) in [4.78, 5) is 9.30. The number of aliphatic hydroxyl groups excluding tert-OH is 1. The molecule has 0 saturated carbocycles. The number of aliphatic hydroxyl groups is 1. The number of nitrogens with zero attached hydrogens (tertiary/aromatic N) is 2. The first-order valence-corrected chi connectivity index (χ1v) is 7.58. The molecule has 2 N–H and O–H groups in total. The molecule has 5 heteroatoms. The van der Waals surface area contributed by atoms with Gasteiger partial charge < -0.3 is 10.4 Å². The van der Waals surface area contributed by atoms with Crippen LogP contribution < -0.4 is 5.32 Å². The molecule has 1 atom stereocenters. The van der Waals surface area contributed by atoms with E-state index in [9.17, 15) is 5.11 Å². The Kier molecular flexibility index (Phi) is 5.62. The Labute approximate surface area is 120 Å². The third-order valence-electron chi connectivity index (χ3n) is 2.69. The lowest BCUT2D eigenvalue weighted by Gasteiger charge is -2.21. The van der Waals surface area contributed by atoms with Crippen LogP contribution in [0.25, 0.3) is 0 Å². The summed E-state index contributed by atoms with van der Waals surface area (Å²) in [5, 5.41) is 13.6. The van der Waals surface area contributed by atoms with Gasteiger partial charge >= 0.3 is 0 Å². The molecule has 0 aliphatic carbocycles. The molecule has 0 bridgehead atoms. The third-order valence-corrected chi connectivity index (χ3v) is 3.86. The highest BCUT2D eigenvalue weighted by Crippen LogP contribution is 2.31. The summed E-state index contributed by atoms with van der Waals surface area (Å²) in [7, 11) is 0. The van der Waals surface area contributed by atoms with Gasteiger partial charge in [-0.15, -0.1) is 11.8 Å². The smallest absolute Gasteiger partial charge is 0.137 e. The van der Waals surface area contributed by atoms with Crippen LogP contribution in [-0.2, 0) is 5.41 Å². The highest BCUT2D eigenvalue weighted by molar-refractivity contribution is 7.99. The largest absolute Gasteiger partial charge is 0.395 e. The molecular formula is C14H25N3OS. The van der Waals surface area contributed by atoms with Crippen molar-refractivity contribution in [3.05, 3.63) is 11.4 Å². The minimum Gasteiger partial charge on any atom is -0.395 e. The van der Waals surface area contributed by atoms with Crippen LogP contribution in [-0.4, -0.2) is 33.5 Å². The lowest BCUT2D eigenvalue weighted by atomic mass is 9.95. The maximum absolute atomic E-state index is 9.21. The van der Waals surface area contributed by atoms with Crippen molar-refractivity contribution in [2.45, 2.75) is 57.2 Å². The normalized spacial score (nSPS) is 13.4. The molecule has 0 spiro atoms. The van der Waals surface area contributed by atoms with Crippen LogP contribution in [0.15, 0.2) is 5.03 Å². The number of hydrogen-bond acceptors (Lipinski definition) is 5. The number of hydrogen-bond donors (Lipinski definition) is 2. The molecule has 0 fully saturated rings. The summed E-state index contributed by atoms with van der Waals surface area (Å²) >= 11 is 1.60. The standard InChI is InChI=1S/C14H25N3OS/c1-7-15-11-10(3)12(19-9(2)8-18)17-13(16-11)14(4,5)6/h9,18H,7-8H2,1-6H3,(H,15,16,17). The Bertz CT molecular complexity index is 429. The summed E-state index contributed by atoms with van der Waals surface area (Å²) in [5.41, 5.74) is 0.968. The second-order valence-electron chi connectivity index (χ2n) is 5.72. The van der Waals surface area contributed by atoms with E-state index in [1.54, 1.807) is 11.8 Å². The molecule has 108 valence electrons. The summed E-state index contributed by atoms with van der Waals surface area (Å²) in [5.74, 6) is 1.73. The average molecular weight is 283 g/mol. The molecule has 1 heterocycles. The van der Waals surface area contributed by atoms with Crippen molar-refractivity contribution >= 4 is 17.6 Å². The molecule has 0 aromatic carbocycles. The molecule has 0 amide bonds. The van der Waals surface area contributed by atoms with E-state index in [0.717, 1.165) is 28.8 Å². The van der Waals surface area contributed by atoms with Gasteiger partial charge in [-0.25, -0.2) is 9.97 Å². The fraction of sp³-hybridized carbons (Fsp3) is 0.714. The van der Waals surface area contributed by atoms with E-state index >= 15 is 0 Å². The third kappa shape index (κ3) is 4.35. The van der Waals surface area contributed by atoms with E-state index in [2.05, 4.69) is 43.0 Å². The minimum absolute atomic E-state index is 0.0877. The monoisotopic (exact) mass is 283 g/mol. The number of anilines is 1. The van der Waals surface area contributed by atoms with E-state index in [1.165, 1.54) is 0 Å². The Morgan fingerprint density at radius 2 is 1.95 bits per heavy atom. The van der Waals surface area contributed by atoms with Gasteiger partial charge in [0.2, 0.25) is 0 Å². The lowest BCUT2D eigenvalue weighted by Crippen LogP contribution is -2.19. The van der Waals surface area contributed by atoms with Crippen molar-refractivity contribution < 1.29 is 5.11 Å². The Balaban J connectivity index is 3.23. The van der Waals surface area contributed by atoms with Gasteiger partial charge in [0.25, 0.3) is 0 Å². The van der Waals surface area contributed by atoms with Crippen LogP contribution in [0, 0.1) is 6.92 Å². The van der Waals surface area contributed by atoms with E-state index in [-0.39, 0.29) is 17.3 Å². The van der Waals surface area contributed by atoms with E-state index < -0.39 is 0 Å². The Hall–Kier alpha value is -0.810. The van der Waals surface area contributed by atoms with Gasteiger partial charge in [0.15, 0.2) is 0 Å².